The predicted molar refractivity (Wildman–Crippen MR) is 77.3 cm³/mol. The smallest absolute Gasteiger partial charge is 0.141 e. The fraction of sp³-hybridized carbons (Fsp3) is 0.357. The summed E-state index contributed by atoms with van der Waals surface area (Å²) in [6, 6.07) is 7.64. The minimum Gasteiger partial charge on any atom is -0.506 e. The summed E-state index contributed by atoms with van der Waals surface area (Å²) in [4.78, 5) is 6.58. The van der Waals surface area contributed by atoms with Crippen LogP contribution in [0.4, 0.5) is 0 Å². The van der Waals surface area contributed by atoms with Gasteiger partial charge in [-0.15, -0.1) is 12.4 Å². The molecule has 18 heavy (non-hydrogen) atoms. The molecule has 0 aliphatic heterocycles. The van der Waals surface area contributed by atoms with Crippen LogP contribution in [0.5, 0.6) is 5.75 Å². The largest absolute Gasteiger partial charge is 0.506 e. The Balaban J connectivity index is 0.00000162. The molecular formula is C14H19ClN2O. The summed E-state index contributed by atoms with van der Waals surface area (Å²) < 4.78 is 0. The number of hydrogen-bond donors (Lipinski definition) is 1. The molecule has 0 atom stereocenters. The maximum absolute atomic E-state index is 9.77. The van der Waals surface area contributed by atoms with Crippen molar-refractivity contribution in [1.29, 1.82) is 0 Å². The molecule has 0 radical (unpaired) electrons. The van der Waals surface area contributed by atoms with E-state index < -0.39 is 0 Å². The van der Waals surface area contributed by atoms with Crippen molar-refractivity contribution in [1.82, 2.24) is 9.88 Å². The van der Waals surface area contributed by atoms with E-state index in [2.05, 4.69) is 23.7 Å². The van der Waals surface area contributed by atoms with Crippen molar-refractivity contribution < 1.29 is 5.11 Å². The van der Waals surface area contributed by atoms with Crippen LogP contribution in [-0.4, -0.2) is 28.1 Å². The molecule has 0 saturated carbocycles. The minimum absolute atomic E-state index is 0. The van der Waals surface area contributed by atoms with E-state index in [1.165, 1.54) is 5.56 Å². The first-order valence-corrected chi connectivity index (χ1v) is 6.04. The lowest BCUT2D eigenvalue weighted by Crippen LogP contribution is -2.22. The number of halogens is 1. The summed E-state index contributed by atoms with van der Waals surface area (Å²) in [5.41, 5.74) is 1.91. The van der Waals surface area contributed by atoms with Crippen LogP contribution in [0.25, 0.3) is 10.9 Å². The van der Waals surface area contributed by atoms with Crippen molar-refractivity contribution in [3.8, 4) is 5.75 Å². The zero-order valence-electron chi connectivity index (χ0n) is 10.8. The molecule has 1 N–H and O–H groups in total. The highest BCUT2D eigenvalue weighted by Crippen LogP contribution is 2.26. The third kappa shape index (κ3) is 2.92. The van der Waals surface area contributed by atoms with Gasteiger partial charge in [-0.3, -0.25) is 9.88 Å². The van der Waals surface area contributed by atoms with Gasteiger partial charge in [-0.25, -0.2) is 0 Å². The first kappa shape index (κ1) is 14.7. The second kappa shape index (κ2) is 6.57. The minimum atomic E-state index is 0. The van der Waals surface area contributed by atoms with Crippen LogP contribution in [0, 0.1) is 0 Å². The van der Waals surface area contributed by atoms with Crippen LogP contribution in [0.15, 0.2) is 30.5 Å². The van der Waals surface area contributed by atoms with Crippen molar-refractivity contribution >= 4 is 23.3 Å². The first-order valence-electron chi connectivity index (χ1n) is 6.04. The van der Waals surface area contributed by atoms with E-state index in [0.717, 1.165) is 25.0 Å². The van der Waals surface area contributed by atoms with Gasteiger partial charge in [-0.1, -0.05) is 26.0 Å². The number of nitrogens with zero attached hydrogens (tertiary/aromatic N) is 2. The van der Waals surface area contributed by atoms with E-state index in [0.29, 0.717) is 5.52 Å². The Morgan fingerprint density at radius 2 is 1.89 bits per heavy atom. The topological polar surface area (TPSA) is 36.4 Å². The van der Waals surface area contributed by atoms with Gasteiger partial charge in [0.15, 0.2) is 0 Å². The van der Waals surface area contributed by atoms with E-state index in [4.69, 9.17) is 0 Å². The van der Waals surface area contributed by atoms with Gasteiger partial charge in [-0.2, -0.15) is 0 Å². The lowest BCUT2D eigenvalue weighted by atomic mass is 10.1. The molecular weight excluding hydrogens is 248 g/mol. The maximum atomic E-state index is 9.77. The second-order valence-corrected chi connectivity index (χ2v) is 4.10. The molecule has 4 heteroatoms. The fourth-order valence-electron chi connectivity index (χ4n) is 2.04. The van der Waals surface area contributed by atoms with Crippen LogP contribution < -0.4 is 0 Å². The van der Waals surface area contributed by atoms with Crippen LogP contribution in [0.2, 0.25) is 0 Å². The van der Waals surface area contributed by atoms with Crippen molar-refractivity contribution in [3.63, 3.8) is 0 Å². The molecule has 0 saturated heterocycles. The molecule has 3 nitrogen and oxygen atoms in total. The van der Waals surface area contributed by atoms with Crippen LogP contribution in [0.3, 0.4) is 0 Å². The average Bonchev–Trinajstić information content (AvgIpc) is 2.38. The van der Waals surface area contributed by atoms with Crippen molar-refractivity contribution in [2.75, 3.05) is 13.1 Å². The fourth-order valence-corrected chi connectivity index (χ4v) is 2.04. The third-order valence-electron chi connectivity index (χ3n) is 3.13. The number of phenolic OH excluding ortho intramolecular Hbond substituents is 1. The normalized spacial score (nSPS) is 10.6. The molecule has 98 valence electrons. The quantitative estimate of drug-likeness (QED) is 0.923. The van der Waals surface area contributed by atoms with Crippen molar-refractivity contribution in [3.05, 3.63) is 36.0 Å². The van der Waals surface area contributed by atoms with Gasteiger partial charge in [-0.05, 0) is 30.8 Å². The SMILES string of the molecule is CCN(CC)Cc1ccc(O)c2ncccc12.Cl. The van der Waals surface area contributed by atoms with Crippen LogP contribution >= 0.6 is 12.4 Å². The summed E-state index contributed by atoms with van der Waals surface area (Å²) >= 11 is 0. The molecule has 2 aromatic rings. The molecule has 0 aliphatic carbocycles. The summed E-state index contributed by atoms with van der Waals surface area (Å²) in [6.45, 7) is 7.27. The molecule has 2 rings (SSSR count). The molecule has 0 unspecified atom stereocenters. The van der Waals surface area contributed by atoms with E-state index in [1.54, 1.807) is 12.3 Å². The number of fused-ring (bicyclic) bond motifs is 1. The van der Waals surface area contributed by atoms with Gasteiger partial charge in [0.1, 0.15) is 11.3 Å². The summed E-state index contributed by atoms with van der Waals surface area (Å²) in [5, 5.41) is 10.8. The molecule has 0 bridgehead atoms. The zero-order chi connectivity index (χ0) is 12.3. The highest BCUT2D eigenvalue weighted by Gasteiger charge is 2.08. The van der Waals surface area contributed by atoms with Crippen LogP contribution in [0.1, 0.15) is 19.4 Å². The predicted octanol–water partition coefficient (Wildman–Crippen LogP) is 3.20. The number of phenols is 1. The van der Waals surface area contributed by atoms with E-state index in [-0.39, 0.29) is 18.2 Å². The lowest BCUT2D eigenvalue weighted by molar-refractivity contribution is 0.297. The summed E-state index contributed by atoms with van der Waals surface area (Å²) in [5.74, 6) is 0.254. The monoisotopic (exact) mass is 266 g/mol. The number of rotatable bonds is 4. The Bertz CT molecular complexity index is 512. The number of aromatic hydroxyl groups is 1. The standard InChI is InChI=1S/C14H18N2O.ClH/c1-3-16(4-2)10-11-7-8-13(17)14-12(11)6-5-9-15-14;/h5-9,17H,3-4,10H2,1-2H3;1H. The highest BCUT2D eigenvalue weighted by atomic mass is 35.5. The first-order chi connectivity index (χ1) is 8.26. The van der Waals surface area contributed by atoms with Gasteiger partial charge < -0.3 is 5.11 Å². The zero-order valence-corrected chi connectivity index (χ0v) is 11.6. The van der Waals surface area contributed by atoms with Gasteiger partial charge >= 0.3 is 0 Å². The van der Waals surface area contributed by atoms with Crippen LogP contribution in [-0.2, 0) is 6.54 Å². The van der Waals surface area contributed by atoms with Crippen molar-refractivity contribution in [2.24, 2.45) is 0 Å². The van der Waals surface area contributed by atoms with E-state index >= 15 is 0 Å². The van der Waals surface area contributed by atoms with Gasteiger partial charge in [0.25, 0.3) is 0 Å². The van der Waals surface area contributed by atoms with Gasteiger partial charge in [0.2, 0.25) is 0 Å². The maximum Gasteiger partial charge on any atom is 0.141 e. The van der Waals surface area contributed by atoms with E-state index in [1.807, 2.05) is 18.2 Å². The number of aromatic nitrogens is 1. The van der Waals surface area contributed by atoms with Gasteiger partial charge in [0.05, 0.1) is 0 Å². The number of hydrogen-bond acceptors (Lipinski definition) is 3. The van der Waals surface area contributed by atoms with E-state index in [9.17, 15) is 5.11 Å². The molecule has 0 amide bonds. The molecule has 0 aliphatic rings. The molecule has 1 aromatic heterocycles. The average molecular weight is 267 g/mol. The highest BCUT2D eigenvalue weighted by molar-refractivity contribution is 5.87. The molecule has 0 fully saturated rings. The van der Waals surface area contributed by atoms with Crippen molar-refractivity contribution in [2.45, 2.75) is 20.4 Å². The number of benzene rings is 1. The Morgan fingerprint density at radius 3 is 2.56 bits per heavy atom. The Kier molecular flexibility index (Phi) is 5.38. The molecule has 1 heterocycles. The molecule has 0 spiro atoms. The number of pyridine rings is 1. The Labute approximate surface area is 114 Å². The second-order valence-electron chi connectivity index (χ2n) is 4.10. The van der Waals surface area contributed by atoms with Gasteiger partial charge in [0, 0.05) is 18.1 Å². The Hall–Kier alpha value is -1.32. The third-order valence-corrected chi connectivity index (χ3v) is 3.13. The molecule has 1 aromatic carbocycles. The Morgan fingerprint density at radius 1 is 1.17 bits per heavy atom. The lowest BCUT2D eigenvalue weighted by Gasteiger charge is -2.19. The summed E-state index contributed by atoms with van der Waals surface area (Å²) in [6.07, 6.45) is 1.71. The summed E-state index contributed by atoms with van der Waals surface area (Å²) in [7, 11) is 0.